The van der Waals surface area contributed by atoms with Crippen LogP contribution in [0, 0.1) is 0 Å². The molecule has 2 nitrogen and oxygen atoms in total. The van der Waals surface area contributed by atoms with E-state index in [1.54, 1.807) is 0 Å². The lowest BCUT2D eigenvalue weighted by Gasteiger charge is -2.28. The van der Waals surface area contributed by atoms with E-state index in [0.29, 0.717) is 0 Å². The van der Waals surface area contributed by atoms with Gasteiger partial charge in [0.15, 0.2) is 0 Å². The van der Waals surface area contributed by atoms with Crippen molar-refractivity contribution in [3.63, 3.8) is 0 Å². The molecule has 2 heteroatoms. The molecule has 54 heavy (non-hydrogen) atoms. The molecule has 0 unspecified atom stereocenters. The molecule has 0 fully saturated rings. The van der Waals surface area contributed by atoms with Gasteiger partial charge in [-0.1, -0.05) is 152 Å². The van der Waals surface area contributed by atoms with Gasteiger partial charge in [0.1, 0.15) is 11.2 Å². The van der Waals surface area contributed by atoms with E-state index in [1.165, 1.54) is 54.6 Å². The van der Waals surface area contributed by atoms with Crippen molar-refractivity contribution in [3.05, 3.63) is 200 Å². The van der Waals surface area contributed by atoms with Crippen molar-refractivity contribution in [2.45, 2.75) is 0 Å². The van der Waals surface area contributed by atoms with Crippen molar-refractivity contribution < 1.29 is 4.42 Å². The van der Waals surface area contributed by atoms with Gasteiger partial charge in [-0.3, -0.25) is 0 Å². The number of para-hydroxylation sites is 1. The number of hydrogen-bond donors (Lipinski definition) is 0. The highest BCUT2D eigenvalue weighted by Gasteiger charge is 2.21. The molecular formula is C52H33NO. The smallest absolute Gasteiger partial charge is 0.143 e. The Labute approximate surface area is 312 Å². The van der Waals surface area contributed by atoms with Gasteiger partial charge in [0.2, 0.25) is 0 Å². The molecule has 252 valence electrons. The highest BCUT2D eigenvalue weighted by molar-refractivity contribution is 6.19. The number of benzene rings is 10. The lowest BCUT2D eigenvalue weighted by atomic mass is 9.90. The molecular weight excluding hydrogens is 655 g/mol. The molecule has 0 amide bonds. The van der Waals surface area contributed by atoms with Gasteiger partial charge < -0.3 is 9.32 Å². The monoisotopic (exact) mass is 687 g/mol. The maximum absolute atomic E-state index is 6.57. The molecule has 0 bridgehead atoms. The average Bonchev–Trinajstić information content (AvgIpc) is 3.63. The Balaban J connectivity index is 1.20. The predicted octanol–water partition coefficient (Wildman–Crippen LogP) is 15.0. The number of fused-ring (bicyclic) bond motifs is 9. The van der Waals surface area contributed by atoms with Crippen LogP contribution in [0.3, 0.4) is 0 Å². The van der Waals surface area contributed by atoms with Crippen LogP contribution in [-0.2, 0) is 0 Å². The fourth-order valence-electron chi connectivity index (χ4n) is 8.50. The Morgan fingerprint density at radius 2 is 0.889 bits per heavy atom. The minimum Gasteiger partial charge on any atom is -0.455 e. The van der Waals surface area contributed by atoms with Gasteiger partial charge in [0, 0.05) is 32.9 Å². The molecule has 0 aliphatic heterocycles. The van der Waals surface area contributed by atoms with Gasteiger partial charge in [-0.25, -0.2) is 0 Å². The highest BCUT2D eigenvalue weighted by Crippen LogP contribution is 2.46. The second-order valence-corrected chi connectivity index (χ2v) is 14.1. The molecule has 0 N–H and O–H groups in total. The van der Waals surface area contributed by atoms with Gasteiger partial charge in [0.05, 0.1) is 5.69 Å². The lowest BCUT2D eigenvalue weighted by Crippen LogP contribution is -2.11. The largest absolute Gasteiger partial charge is 0.455 e. The zero-order chi connectivity index (χ0) is 35.6. The molecule has 1 aromatic heterocycles. The molecule has 0 radical (unpaired) electrons. The Kier molecular flexibility index (Phi) is 6.90. The fraction of sp³-hybridized carbons (Fsp3) is 0. The standard InChI is InChI=1S/C52H33NO/c1-2-13-34(14-3-1)35-25-27-38(28-26-35)53(50-23-12-22-46-44(50)29-30-47-45-21-10-11-24-51(45)54-52(46)47)39-31-36-15-4-7-18-41(36)49(33-39)48-32-37-16-5-6-17-40(37)42-19-8-9-20-43(42)48/h1-33H. The molecule has 0 aliphatic rings. The summed E-state index contributed by atoms with van der Waals surface area (Å²) in [5, 5.41) is 11.9. The predicted molar refractivity (Wildman–Crippen MR) is 229 cm³/mol. The third-order valence-electron chi connectivity index (χ3n) is 11.0. The minimum absolute atomic E-state index is 0.903. The summed E-state index contributed by atoms with van der Waals surface area (Å²) in [6, 6.07) is 72.4. The maximum atomic E-state index is 6.57. The van der Waals surface area contributed by atoms with E-state index in [1.807, 2.05) is 6.07 Å². The van der Waals surface area contributed by atoms with Crippen LogP contribution in [0.1, 0.15) is 0 Å². The molecule has 0 spiro atoms. The summed E-state index contributed by atoms with van der Waals surface area (Å²) in [4.78, 5) is 2.42. The normalized spacial score (nSPS) is 11.7. The van der Waals surface area contributed by atoms with Gasteiger partial charge in [-0.2, -0.15) is 0 Å². The summed E-state index contributed by atoms with van der Waals surface area (Å²) in [6.07, 6.45) is 0. The van der Waals surface area contributed by atoms with Crippen LogP contribution in [0.15, 0.2) is 205 Å². The average molecular weight is 688 g/mol. The first-order chi connectivity index (χ1) is 26.8. The zero-order valence-electron chi connectivity index (χ0n) is 29.4. The Morgan fingerprint density at radius 1 is 0.315 bits per heavy atom. The third kappa shape index (κ3) is 4.81. The molecule has 0 aliphatic carbocycles. The topological polar surface area (TPSA) is 16.4 Å². The molecule has 0 saturated heterocycles. The van der Waals surface area contributed by atoms with Crippen LogP contribution in [0.4, 0.5) is 17.1 Å². The quantitative estimate of drug-likeness (QED) is 0.168. The van der Waals surface area contributed by atoms with Crippen LogP contribution < -0.4 is 4.90 Å². The Bertz CT molecular complexity index is 3210. The fourth-order valence-corrected chi connectivity index (χ4v) is 8.50. The molecule has 11 rings (SSSR count). The Hall–Kier alpha value is -7.16. The first-order valence-corrected chi connectivity index (χ1v) is 18.5. The zero-order valence-corrected chi connectivity index (χ0v) is 29.4. The number of anilines is 3. The van der Waals surface area contributed by atoms with Gasteiger partial charge in [-0.15, -0.1) is 0 Å². The first kappa shape index (κ1) is 30.5. The van der Waals surface area contributed by atoms with Crippen molar-refractivity contribution in [1.29, 1.82) is 0 Å². The second kappa shape index (κ2) is 12.2. The highest BCUT2D eigenvalue weighted by atomic mass is 16.3. The number of furan rings is 1. The van der Waals surface area contributed by atoms with E-state index in [2.05, 4.69) is 199 Å². The summed E-state index contributed by atoms with van der Waals surface area (Å²) in [5.74, 6) is 0. The Morgan fingerprint density at radius 3 is 1.70 bits per heavy atom. The van der Waals surface area contributed by atoms with E-state index in [4.69, 9.17) is 4.42 Å². The molecule has 1 heterocycles. The van der Waals surface area contributed by atoms with Crippen LogP contribution in [0.2, 0.25) is 0 Å². The maximum Gasteiger partial charge on any atom is 0.143 e. The van der Waals surface area contributed by atoms with Crippen LogP contribution in [0.5, 0.6) is 0 Å². The summed E-state index contributed by atoms with van der Waals surface area (Å²) < 4.78 is 6.57. The van der Waals surface area contributed by atoms with E-state index in [-0.39, 0.29) is 0 Å². The van der Waals surface area contributed by atoms with E-state index in [0.717, 1.165) is 49.8 Å². The van der Waals surface area contributed by atoms with Crippen LogP contribution in [-0.4, -0.2) is 0 Å². The van der Waals surface area contributed by atoms with Gasteiger partial charge >= 0.3 is 0 Å². The molecule has 11 aromatic rings. The first-order valence-electron chi connectivity index (χ1n) is 18.5. The van der Waals surface area contributed by atoms with Crippen molar-refractivity contribution in [1.82, 2.24) is 0 Å². The van der Waals surface area contributed by atoms with E-state index in [9.17, 15) is 0 Å². The van der Waals surface area contributed by atoms with Gasteiger partial charge in [-0.05, 0) is 103 Å². The molecule has 0 saturated carbocycles. The summed E-state index contributed by atoms with van der Waals surface area (Å²) in [5.41, 5.74) is 9.89. The molecule has 0 atom stereocenters. The number of rotatable bonds is 5. The van der Waals surface area contributed by atoms with Crippen molar-refractivity contribution in [2.24, 2.45) is 0 Å². The molecule has 10 aromatic carbocycles. The third-order valence-corrected chi connectivity index (χ3v) is 11.0. The number of hydrogen-bond acceptors (Lipinski definition) is 2. The van der Waals surface area contributed by atoms with Crippen molar-refractivity contribution in [3.8, 4) is 22.3 Å². The summed E-state index contributed by atoms with van der Waals surface area (Å²) in [6.45, 7) is 0. The minimum atomic E-state index is 0.903. The van der Waals surface area contributed by atoms with Crippen molar-refractivity contribution in [2.75, 3.05) is 4.90 Å². The van der Waals surface area contributed by atoms with E-state index < -0.39 is 0 Å². The van der Waals surface area contributed by atoms with Gasteiger partial charge in [0.25, 0.3) is 0 Å². The SMILES string of the molecule is c1ccc(-c2ccc(N(c3cc(-c4cc5ccccc5c5ccccc45)c4ccccc4c3)c3cccc4c3ccc3c5ccccc5oc43)cc2)cc1. The van der Waals surface area contributed by atoms with Crippen molar-refractivity contribution >= 4 is 82.1 Å². The number of nitrogens with zero attached hydrogens (tertiary/aromatic N) is 1. The lowest BCUT2D eigenvalue weighted by molar-refractivity contribution is 0.672. The van der Waals surface area contributed by atoms with Crippen LogP contribution >= 0.6 is 0 Å². The van der Waals surface area contributed by atoms with Crippen LogP contribution in [0.25, 0.3) is 87.3 Å². The van der Waals surface area contributed by atoms with E-state index >= 15 is 0 Å². The summed E-state index contributed by atoms with van der Waals surface area (Å²) >= 11 is 0. The summed E-state index contributed by atoms with van der Waals surface area (Å²) in [7, 11) is 0. The second-order valence-electron chi connectivity index (χ2n) is 14.1.